The molecule has 1 saturated carbocycles. The highest BCUT2D eigenvalue weighted by atomic mass is 19.4. The second-order valence-electron chi connectivity index (χ2n) is 11.6. The Hall–Kier alpha value is -4.02. The van der Waals surface area contributed by atoms with Crippen molar-refractivity contribution in [2.45, 2.75) is 45.7 Å². The van der Waals surface area contributed by atoms with Gasteiger partial charge in [-0.3, -0.25) is 24.0 Å². The first-order chi connectivity index (χ1) is 20.1. The minimum Gasteiger partial charge on any atom is -0.339 e. The molecule has 2 amide bonds. The Kier molecular flexibility index (Phi) is 7.36. The topological polar surface area (TPSA) is 83.2 Å². The van der Waals surface area contributed by atoms with Gasteiger partial charge < -0.3 is 9.80 Å². The number of carbonyl (C=O) groups excluding carboxylic acids is 2. The Bertz CT molecular complexity index is 1600. The van der Waals surface area contributed by atoms with Crippen LogP contribution in [-0.2, 0) is 11.2 Å². The number of fused-ring (bicyclic) bond motifs is 1. The third-order valence-electron chi connectivity index (χ3n) is 8.66. The Labute approximate surface area is 242 Å². The Morgan fingerprint density at radius 1 is 1.05 bits per heavy atom. The molecular weight excluding hydrogens is 545 g/mol. The van der Waals surface area contributed by atoms with Crippen LogP contribution in [0.3, 0.4) is 0 Å². The van der Waals surface area contributed by atoms with Crippen LogP contribution < -0.4 is 0 Å². The first-order valence-corrected chi connectivity index (χ1v) is 14.4. The number of aliphatic imine (C=N–C) groups is 1. The number of carbonyl (C=O) groups is 2. The number of hydrogen-bond donors (Lipinski definition) is 0. The molecule has 3 aliphatic rings. The minimum absolute atomic E-state index is 0.0178. The zero-order valence-corrected chi connectivity index (χ0v) is 23.7. The quantitative estimate of drug-likeness (QED) is 0.438. The summed E-state index contributed by atoms with van der Waals surface area (Å²) in [5.41, 5.74) is 2.88. The molecule has 0 unspecified atom stereocenters. The summed E-state index contributed by atoms with van der Waals surface area (Å²) >= 11 is 0. The van der Waals surface area contributed by atoms with Gasteiger partial charge in [0.05, 0.1) is 24.1 Å². The van der Waals surface area contributed by atoms with Crippen molar-refractivity contribution in [2.24, 2.45) is 16.8 Å². The number of imidazole rings is 1. The molecule has 1 aliphatic carbocycles. The number of nitrogens with zero attached hydrogens (tertiary/aromatic N) is 6. The summed E-state index contributed by atoms with van der Waals surface area (Å²) in [5, 5.41) is 0. The number of benzene rings is 1. The van der Waals surface area contributed by atoms with Gasteiger partial charge in [0.15, 0.2) is 5.65 Å². The molecule has 4 heterocycles. The van der Waals surface area contributed by atoms with Crippen molar-refractivity contribution < 1.29 is 22.8 Å². The Balaban J connectivity index is 1.13. The molecule has 6 rings (SSSR count). The number of hydrogen-bond acceptors (Lipinski definition) is 5. The number of allylic oxidation sites excluding steroid dienone is 1. The van der Waals surface area contributed by atoms with E-state index in [0.29, 0.717) is 61.1 Å². The van der Waals surface area contributed by atoms with Gasteiger partial charge in [0.25, 0.3) is 5.91 Å². The molecule has 2 atom stereocenters. The lowest BCUT2D eigenvalue weighted by Gasteiger charge is -2.36. The molecule has 3 aromatic rings. The second kappa shape index (κ2) is 11.0. The van der Waals surface area contributed by atoms with Crippen LogP contribution in [0, 0.1) is 18.8 Å². The van der Waals surface area contributed by atoms with Crippen LogP contribution in [-0.4, -0.2) is 80.6 Å². The normalized spacial score (nSPS) is 21.2. The van der Waals surface area contributed by atoms with E-state index in [1.165, 1.54) is 12.3 Å². The molecule has 11 heteroatoms. The molecule has 2 aliphatic heterocycles. The molecule has 1 saturated heterocycles. The van der Waals surface area contributed by atoms with Crippen LogP contribution in [0.15, 0.2) is 47.9 Å². The predicted octanol–water partition coefficient (Wildman–Crippen LogP) is 4.75. The van der Waals surface area contributed by atoms with E-state index in [1.807, 2.05) is 34.9 Å². The zero-order chi connectivity index (χ0) is 29.6. The summed E-state index contributed by atoms with van der Waals surface area (Å²) in [6, 6.07) is 5.64. The predicted molar refractivity (Wildman–Crippen MR) is 152 cm³/mol. The maximum absolute atomic E-state index is 13.5. The molecular formula is C31H33F3N6O2. The van der Waals surface area contributed by atoms with Gasteiger partial charge in [-0.05, 0) is 49.3 Å². The van der Waals surface area contributed by atoms with Crippen molar-refractivity contribution in [1.29, 1.82) is 0 Å². The SMILES string of the molecule is Cc1cc(Cc2nccn3c(C4=CCN=C4C(F)(F)F)cnc23)ccc1C(=O)N1CCN(C(=O)[C@H]2CC[C@@H](C)C2)CC1. The number of piperazine rings is 1. The number of aryl methyl sites for hydroxylation is 1. The largest absolute Gasteiger partial charge is 0.433 e. The standard InChI is InChI=1S/C31H33F3N6O2/c1-19-3-5-22(15-19)29(41)38-11-13-39(14-12-38)30(42)23-6-4-21(16-20(23)2)17-25-28-37-18-26(40(28)10-9-35-25)24-7-8-36-27(24)31(32,33)34/h4,6-7,9-10,16,18-19,22H,3,5,8,11-15,17H2,1-2H3/t19-,22+/m1/s1. The van der Waals surface area contributed by atoms with Crippen LogP contribution in [0.1, 0.15) is 59.1 Å². The zero-order valence-electron chi connectivity index (χ0n) is 23.7. The highest BCUT2D eigenvalue weighted by Gasteiger charge is 2.40. The second-order valence-corrected chi connectivity index (χ2v) is 11.6. The lowest BCUT2D eigenvalue weighted by molar-refractivity contribution is -0.136. The van der Waals surface area contributed by atoms with E-state index in [2.05, 4.69) is 21.9 Å². The van der Waals surface area contributed by atoms with E-state index < -0.39 is 11.9 Å². The molecule has 8 nitrogen and oxygen atoms in total. The highest BCUT2D eigenvalue weighted by molar-refractivity contribution is 6.27. The van der Waals surface area contributed by atoms with Gasteiger partial charge in [-0.1, -0.05) is 25.1 Å². The maximum atomic E-state index is 13.5. The van der Waals surface area contributed by atoms with Crippen molar-refractivity contribution in [2.75, 3.05) is 32.7 Å². The van der Waals surface area contributed by atoms with Crippen molar-refractivity contribution in [3.8, 4) is 0 Å². The Morgan fingerprint density at radius 2 is 1.81 bits per heavy atom. The van der Waals surface area contributed by atoms with E-state index in [1.54, 1.807) is 16.8 Å². The summed E-state index contributed by atoms with van der Waals surface area (Å²) < 4.78 is 42.0. The van der Waals surface area contributed by atoms with Gasteiger partial charge in [-0.15, -0.1) is 0 Å². The summed E-state index contributed by atoms with van der Waals surface area (Å²) in [6.45, 7) is 6.21. The van der Waals surface area contributed by atoms with Crippen LogP contribution in [0.25, 0.3) is 11.2 Å². The molecule has 42 heavy (non-hydrogen) atoms. The summed E-state index contributed by atoms with van der Waals surface area (Å²) in [4.78, 5) is 42.5. The molecule has 0 radical (unpaired) electrons. The molecule has 1 aromatic carbocycles. The molecule has 2 fully saturated rings. The van der Waals surface area contributed by atoms with Crippen molar-refractivity contribution in [1.82, 2.24) is 24.2 Å². The first kappa shape index (κ1) is 28.1. The molecule has 0 N–H and O–H groups in total. The van der Waals surface area contributed by atoms with Gasteiger partial charge in [0.1, 0.15) is 5.71 Å². The summed E-state index contributed by atoms with van der Waals surface area (Å²) in [5.74, 6) is 0.904. The van der Waals surface area contributed by atoms with E-state index in [4.69, 9.17) is 0 Å². The number of halogens is 3. The molecule has 220 valence electrons. The van der Waals surface area contributed by atoms with Gasteiger partial charge in [-0.2, -0.15) is 13.2 Å². The van der Waals surface area contributed by atoms with Gasteiger partial charge >= 0.3 is 6.18 Å². The average molecular weight is 579 g/mol. The van der Waals surface area contributed by atoms with E-state index >= 15 is 0 Å². The fourth-order valence-corrected chi connectivity index (χ4v) is 6.43. The van der Waals surface area contributed by atoms with Crippen LogP contribution >= 0.6 is 0 Å². The first-order valence-electron chi connectivity index (χ1n) is 14.4. The number of alkyl halides is 3. The number of amides is 2. The highest BCUT2D eigenvalue weighted by Crippen LogP contribution is 2.33. The van der Waals surface area contributed by atoms with Gasteiger partial charge in [0, 0.05) is 62.0 Å². The van der Waals surface area contributed by atoms with E-state index in [-0.39, 0.29) is 29.9 Å². The van der Waals surface area contributed by atoms with E-state index in [0.717, 1.165) is 30.4 Å². The third-order valence-corrected chi connectivity index (χ3v) is 8.66. The lowest BCUT2D eigenvalue weighted by atomic mass is 10.0. The Morgan fingerprint density at radius 3 is 2.50 bits per heavy atom. The van der Waals surface area contributed by atoms with Crippen LogP contribution in [0.2, 0.25) is 0 Å². The smallest absolute Gasteiger partial charge is 0.339 e. The van der Waals surface area contributed by atoms with Crippen LogP contribution in [0.5, 0.6) is 0 Å². The molecule has 0 spiro atoms. The third kappa shape index (κ3) is 5.32. The lowest BCUT2D eigenvalue weighted by Crippen LogP contribution is -2.51. The average Bonchev–Trinajstić information content (AvgIpc) is 3.72. The van der Waals surface area contributed by atoms with Crippen LogP contribution in [0.4, 0.5) is 13.2 Å². The summed E-state index contributed by atoms with van der Waals surface area (Å²) in [6.07, 6.45) is 4.91. The minimum atomic E-state index is -4.54. The fourth-order valence-electron chi connectivity index (χ4n) is 6.43. The van der Waals surface area contributed by atoms with Crippen molar-refractivity contribution >= 4 is 28.7 Å². The van der Waals surface area contributed by atoms with Gasteiger partial charge in [0.2, 0.25) is 5.91 Å². The van der Waals surface area contributed by atoms with Crippen molar-refractivity contribution in [3.05, 3.63) is 70.9 Å². The number of rotatable bonds is 5. The molecule has 0 bridgehead atoms. The fraction of sp³-hybridized carbons (Fsp3) is 0.452. The number of aromatic nitrogens is 3. The summed E-state index contributed by atoms with van der Waals surface area (Å²) in [7, 11) is 0. The maximum Gasteiger partial charge on any atom is 0.433 e. The van der Waals surface area contributed by atoms with Gasteiger partial charge in [-0.25, -0.2) is 4.98 Å². The molecule has 2 aromatic heterocycles. The van der Waals surface area contributed by atoms with E-state index in [9.17, 15) is 22.8 Å². The van der Waals surface area contributed by atoms with Crippen molar-refractivity contribution in [3.63, 3.8) is 0 Å². The monoisotopic (exact) mass is 578 g/mol.